The molecule has 26 heavy (non-hydrogen) atoms. The van der Waals surface area contributed by atoms with E-state index in [1.54, 1.807) is 12.1 Å². The van der Waals surface area contributed by atoms with Crippen molar-refractivity contribution in [2.75, 3.05) is 39.7 Å². The average molecular weight is 364 g/mol. The Labute approximate surface area is 154 Å². The van der Waals surface area contributed by atoms with Gasteiger partial charge in [-0.3, -0.25) is 9.59 Å². The number of amides is 2. The summed E-state index contributed by atoms with van der Waals surface area (Å²) in [5, 5.41) is 2.92. The molecular formula is C19H28N2O5. The van der Waals surface area contributed by atoms with Gasteiger partial charge >= 0.3 is 0 Å². The minimum atomic E-state index is -0.120. The third-order valence-electron chi connectivity index (χ3n) is 4.60. The molecule has 7 heteroatoms. The van der Waals surface area contributed by atoms with Crippen molar-refractivity contribution in [1.29, 1.82) is 0 Å². The number of methoxy groups -OCH3 is 3. The molecule has 2 rings (SSSR count). The second kappa shape index (κ2) is 8.78. The molecular weight excluding hydrogens is 336 g/mol. The Kier molecular flexibility index (Phi) is 6.71. The molecule has 1 aliphatic rings. The quantitative estimate of drug-likeness (QED) is 0.839. The Morgan fingerprint density at radius 3 is 2.00 bits per heavy atom. The maximum absolute atomic E-state index is 12.6. The van der Waals surface area contributed by atoms with Crippen molar-refractivity contribution in [3.05, 3.63) is 12.1 Å². The Morgan fingerprint density at radius 2 is 1.58 bits per heavy atom. The van der Waals surface area contributed by atoms with Gasteiger partial charge in [0, 0.05) is 42.7 Å². The number of hydrogen-bond donors (Lipinski definition) is 1. The first-order valence-corrected chi connectivity index (χ1v) is 8.80. The van der Waals surface area contributed by atoms with Crippen LogP contribution in [-0.4, -0.2) is 51.1 Å². The summed E-state index contributed by atoms with van der Waals surface area (Å²) in [6.07, 6.45) is 1.32. The SMILES string of the molecule is COc1cc(NC(=O)C2CCN(C(=O)C(C)C)CC2)cc(OC)c1OC. The van der Waals surface area contributed by atoms with Gasteiger partial charge in [-0.15, -0.1) is 0 Å². The molecule has 1 aliphatic heterocycles. The summed E-state index contributed by atoms with van der Waals surface area (Å²) in [5.41, 5.74) is 0.588. The van der Waals surface area contributed by atoms with Crippen LogP contribution >= 0.6 is 0 Å². The zero-order valence-electron chi connectivity index (χ0n) is 16.1. The predicted octanol–water partition coefficient (Wildman–Crippen LogP) is 2.55. The van der Waals surface area contributed by atoms with E-state index in [1.165, 1.54) is 21.3 Å². The van der Waals surface area contributed by atoms with Crippen LogP contribution in [0.25, 0.3) is 0 Å². The lowest BCUT2D eigenvalue weighted by Gasteiger charge is -2.32. The van der Waals surface area contributed by atoms with E-state index in [0.29, 0.717) is 48.9 Å². The predicted molar refractivity (Wildman–Crippen MR) is 98.9 cm³/mol. The molecule has 0 radical (unpaired) electrons. The summed E-state index contributed by atoms with van der Waals surface area (Å²) < 4.78 is 15.9. The highest BCUT2D eigenvalue weighted by Crippen LogP contribution is 2.40. The van der Waals surface area contributed by atoms with E-state index in [0.717, 1.165) is 0 Å². The van der Waals surface area contributed by atoms with Gasteiger partial charge < -0.3 is 24.4 Å². The number of piperidine rings is 1. The second-order valence-electron chi connectivity index (χ2n) is 6.66. The van der Waals surface area contributed by atoms with Crippen LogP contribution in [0.2, 0.25) is 0 Å². The van der Waals surface area contributed by atoms with Crippen LogP contribution in [0, 0.1) is 11.8 Å². The van der Waals surface area contributed by atoms with Crippen molar-refractivity contribution < 1.29 is 23.8 Å². The highest BCUT2D eigenvalue weighted by molar-refractivity contribution is 5.93. The lowest BCUT2D eigenvalue weighted by molar-refractivity contribution is -0.137. The molecule has 2 amide bonds. The number of hydrogen-bond acceptors (Lipinski definition) is 5. The number of nitrogens with one attached hydrogen (secondary N) is 1. The lowest BCUT2D eigenvalue weighted by Crippen LogP contribution is -2.43. The number of anilines is 1. The van der Waals surface area contributed by atoms with E-state index in [9.17, 15) is 9.59 Å². The van der Waals surface area contributed by atoms with Crippen molar-refractivity contribution in [3.63, 3.8) is 0 Å². The van der Waals surface area contributed by atoms with Crippen LogP contribution in [0.1, 0.15) is 26.7 Å². The molecule has 1 fully saturated rings. The molecule has 144 valence electrons. The van der Waals surface area contributed by atoms with Crippen molar-refractivity contribution in [1.82, 2.24) is 4.90 Å². The van der Waals surface area contributed by atoms with Gasteiger partial charge in [-0.2, -0.15) is 0 Å². The van der Waals surface area contributed by atoms with E-state index >= 15 is 0 Å². The van der Waals surface area contributed by atoms with Gasteiger partial charge in [-0.05, 0) is 12.8 Å². The summed E-state index contributed by atoms with van der Waals surface area (Å²) in [5.74, 6) is 1.40. The number of ether oxygens (including phenoxy) is 3. The fourth-order valence-electron chi connectivity index (χ4n) is 3.12. The number of likely N-dealkylation sites (tertiary alicyclic amines) is 1. The Bertz CT molecular complexity index is 626. The molecule has 0 saturated carbocycles. The van der Waals surface area contributed by atoms with E-state index in [1.807, 2.05) is 18.7 Å². The Morgan fingerprint density at radius 1 is 1.04 bits per heavy atom. The largest absolute Gasteiger partial charge is 0.493 e. The summed E-state index contributed by atoms with van der Waals surface area (Å²) in [6, 6.07) is 3.41. The number of benzene rings is 1. The van der Waals surface area contributed by atoms with Gasteiger partial charge in [0.25, 0.3) is 0 Å². The van der Waals surface area contributed by atoms with Crippen LogP contribution in [-0.2, 0) is 9.59 Å². The summed E-state index contributed by atoms with van der Waals surface area (Å²) in [4.78, 5) is 26.5. The van der Waals surface area contributed by atoms with Crippen LogP contribution in [0.4, 0.5) is 5.69 Å². The molecule has 0 aromatic heterocycles. The fraction of sp³-hybridized carbons (Fsp3) is 0.579. The van der Waals surface area contributed by atoms with Gasteiger partial charge in [0.1, 0.15) is 0 Å². The molecule has 0 bridgehead atoms. The second-order valence-corrected chi connectivity index (χ2v) is 6.66. The number of rotatable bonds is 6. The maximum Gasteiger partial charge on any atom is 0.227 e. The first-order chi connectivity index (χ1) is 12.4. The third-order valence-corrected chi connectivity index (χ3v) is 4.60. The van der Waals surface area contributed by atoms with Crippen molar-refractivity contribution in [2.24, 2.45) is 11.8 Å². The Balaban J connectivity index is 2.03. The minimum absolute atomic E-state index is 0.0143. The van der Waals surface area contributed by atoms with Crippen LogP contribution in [0.5, 0.6) is 17.2 Å². The highest BCUT2D eigenvalue weighted by Gasteiger charge is 2.28. The molecule has 1 N–H and O–H groups in total. The summed E-state index contributed by atoms with van der Waals surface area (Å²) >= 11 is 0. The topological polar surface area (TPSA) is 77.1 Å². The summed E-state index contributed by atoms with van der Waals surface area (Å²) in [7, 11) is 4.60. The molecule has 0 aliphatic carbocycles. The van der Waals surface area contributed by atoms with Crippen LogP contribution in [0.15, 0.2) is 12.1 Å². The fourth-order valence-corrected chi connectivity index (χ4v) is 3.12. The zero-order valence-corrected chi connectivity index (χ0v) is 16.1. The maximum atomic E-state index is 12.6. The van der Waals surface area contributed by atoms with Gasteiger partial charge in [0.05, 0.1) is 21.3 Å². The first-order valence-electron chi connectivity index (χ1n) is 8.80. The van der Waals surface area contributed by atoms with Gasteiger partial charge in [-0.25, -0.2) is 0 Å². The molecule has 1 heterocycles. The standard InChI is InChI=1S/C19H28N2O5/c1-12(2)19(23)21-8-6-13(7-9-21)18(22)20-14-10-15(24-3)17(26-5)16(11-14)25-4/h10-13H,6-9H2,1-5H3,(H,20,22). The number of carbonyl (C=O) groups excluding carboxylic acids is 2. The smallest absolute Gasteiger partial charge is 0.227 e. The minimum Gasteiger partial charge on any atom is -0.493 e. The molecule has 1 aromatic carbocycles. The molecule has 0 spiro atoms. The molecule has 7 nitrogen and oxygen atoms in total. The van der Waals surface area contributed by atoms with E-state index in [-0.39, 0.29) is 23.7 Å². The normalized spacial score (nSPS) is 14.9. The van der Waals surface area contributed by atoms with Gasteiger partial charge in [0.2, 0.25) is 17.6 Å². The van der Waals surface area contributed by atoms with Crippen LogP contribution < -0.4 is 19.5 Å². The first kappa shape index (κ1) is 19.9. The van der Waals surface area contributed by atoms with Crippen molar-refractivity contribution >= 4 is 17.5 Å². The van der Waals surface area contributed by atoms with Gasteiger partial charge in [0.15, 0.2) is 11.5 Å². The summed E-state index contributed by atoms with van der Waals surface area (Å²) in [6.45, 7) is 5.02. The molecule has 1 aromatic rings. The molecule has 0 atom stereocenters. The highest BCUT2D eigenvalue weighted by atomic mass is 16.5. The number of carbonyl (C=O) groups is 2. The Hall–Kier alpha value is -2.44. The van der Waals surface area contributed by atoms with Crippen LogP contribution in [0.3, 0.4) is 0 Å². The lowest BCUT2D eigenvalue weighted by atomic mass is 9.95. The van der Waals surface area contributed by atoms with E-state index in [4.69, 9.17) is 14.2 Å². The molecule has 1 saturated heterocycles. The monoisotopic (exact) mass is 364 g/mol. The van der Waals surface area contributed by atoms with Crippen molar-refractivity contribution in [3.8, 4) is 17.2 Å². The van der Waals surface area contributed by atoms with E-state index < -0.39 is 0 Å². The number of nitrogens with zero attached hydrogens (tertiary/aromatic N) is 1. The molecule has 0 unspecified atom stereocenters. The van der Waals surface area contributed by atoms with E-state index in [2.05, 4.69) is 5.32 Å². The zero-order chi connectivity index (χ0) is 19.3. The average Bonchev–Trinajstić information content (AvgIpc) is 2.66. The van der Waals surface area contributed by atoms with Gasteiger partial charge in [-0.1, -0.05) is 13.8 Å². The third kappa shape index (κ3) is 4.39. The van der Waals surface area contributed by atoms with Crippen molar-refractivity contribution in [2.45, 2.75) is 26.7 Å².